The monoisotopic (exact) mass is 264 g/mol. The lowest BCUT2D eigenvalue weighted by molar-refractivity contribution is -0.0361. The summed E-state index contributed by atoms with van der Waals surface area (Å²) in [5.74, 6) is 3.85. The summed E-state index contributed by atoms with van der Waals surface area (Å²) in [6.07, 6.45) is 10.2. The fraction of sp³-hybridized carbons (Fsp3) is 1.00. The molecule has 0 saturated heterocycles. The molecule has 0 aliphatic heterocycles. The first-order chi connectivity index (χ1) is 8.79. The van der Waals surface area contributed by atoms with Gasteiger partial charge in [0.05, 0.1) is 0 Å². The maximum Gasteiger partial charge on any atom is -0.0290 e. The maximum absolute atomic E-state index is 2.63. The van der Waals surface area contributed by atoms with Crippen molar-refractivity contribution >= 4 is 0 Å². The lowest BCUT2D eigenvalue weighted by Crippen LogP contribution is -2.44. The predicted molar refractivity (Wildman–Crippen MR) is 85.2 cm³/mol. The highest BCUT2D eigenvalue weighted by Gasteiger charge is 2.47. The first kappa shape index (κ1) is 15.4. The lowest BCUT2D eigenvalue weighted by atomic mass is 9.52. The van der Waals surface area contributed by atoms with Crippen LogP contribution in [0.4, 0.5) is 0 Å². The Labute approximate surface area is 121 Å². The van der Waals surface area contributed by atoms with Crippen molar-refractivity contribution < 1.29 is 0 Å². The van der Waals surface area contributed by atoms with Crippen LogP contribution in [0.25, 0.3) is 0 Å². The Morgan fingerprint density at radius 2 is 1.68 bits per heavy atom. The summed E-state index contributed by atoms with van der Waals surface area (Å²) < 4.78 is 0. The Kier molecular flexibility index (Phi) is 4.38. The Morgan fingerprint density at radius 3 is 2.26 bits per heavy atom. The molecular formula is C19H36. The van der Waals surface area contributed by atoms with E-state index in [9.17, 15) is 0 Å². The third-order valence-corrected chi connectivity index (χ3v) is 6.87. The zero-order valence-electron chi connectivity index (χ0n) is 14.3. The summed E-state index contributed by atoms with van der Waals surface area (Å²) in [6.45, 7) is 15.1. The van der Waals surface area contributed by atoms with Crippen LogP contribution in [-0.4, -0.2) is 0 Å². The molecule has 0 aromatic heterocycles. The second-order valence-corrected chi connectivity index (χ2v) is 8.94. The summed E-state index contributed by atoms with van der Waals surface area (Å²) in [5, 5.41) is 0. The summed E-state index contributed by atoms with van der Waals surface area (Å²) in [4.78, 5) is 0. The zero-order valence-corrected chi connectivity index (χ0v) is 14.3. The second kappa shape index (κ2) is 5.41. The normalized spacial score (nSPS) is 47.1. The molecule has 0 spiro atoms. The molecule has 5 atom stereocenters. The van der Waals surface area contributed by atoms with E-state index in [1.807, 2.05) is 0 Å². The molecule has 2 aliphatic carbocycles. The largest absolute Gasteiger partial charge is 0.0651 e. The standard InChI is InChI=1S/C19H36/c1-7-16-15(3)14(2)9-10-17(16)19(6)12-8-11-18(4,5)13-19/h14-17H,7-13H2,1-6H3. The molecule has 0 heteroatoms. The van der Waals surface area contributed by atoms with E-state index in [1.54, 1.807) is 0 Å². The van der Waals surface area contributed by atoms with Crippen molar-refractivity contribution in [2.24, 2.45) is 34.5 Å². The Balaban J connectivity index is 2.19. The first-order valence-electron chi connectivity index (χ1n) is 8.79. The van der Waals surface area contributed by atoms with Gasteiger partial charge in [0.2, 0.25) is 0 Å². The molecular weight excluding hydrogens is 228 g/mol. The summed E-state index contributed by atoms with van der Waals surface area (Å²) in [6, 6.07) is 0. The molecule has 0 aromatic carbocycles. The maximum atomic E-state index is 2.63. The Morgan fingerprint density at radius 1 is 1.00 bits per heavy atom. The molecule has 2 saturated carbocycles. The molecule has 0 aromatic rings. The van der Waals surface area contributed by atoms with E-state index < -0.39 is 0 Å². The minimum absolute atomic E-state index is 0.581. The van der Waals surface area contributed by atoms with Crippen molar-refractivity contribution in [1.29, 1.82) is 0 Å². The van der Waals surface area contributed by atoms with E-state index >= 15 is 0 Å². The zero-order chi connectivity index (χ0) is 14.3. The van der Waals surface area contributed by atoms with Gasteiger partial charge < -0.3 is 0 Å². The lowest BCUT2D eigenvalue weighted by Gasteiger charge is -2.53. The molecule has 2 fully saturated rings. The van der Waals surface area contributed by atoms with Crippen LogP contribution in [0.3, 0.4) is 0 Å². The van der Waals surface area contributed by atoms with Crippen LogP contribution in [0.15, 0.2) is 0 Å². The highest BCUT2D eigenvalue weighted by Crippen LogP contribution is 2.57. The van der Waals surface area contributed by atoms with Crippen molar-refractivity contribution in [1.82, 2.24) is 0 Å². The third-order valence-electron chi connectivity index (χ3n) is 6.87. The van der Waals surface area contributed by atoms with Gasteiger partial charge >= 0.3 is 0 Å². The SMILES string of the molecule is CCC1C(C)C(C)CCC1C1(C)CCCC(C)(C)C1. The van der Waals surface area contributed by atoms with E-state index in [1.165, 1.54) is 44.9 Å². The molecule has 0 nitrogen and oxygen atoms in total. The highest BCUT2D eigenvalue weighted by atomic mass is 14.5. The van der Waals surface area contributed by atoms with Crippen LogP contribution in [0, 0.1) is 34.5 Å². The highest BCUT2D eigenvalue weighted by molar-refractivity contribution is 4.97. The van der Waals surface area contributed by atoms with Crippen LogP contribution >= 0.6 is 0 Å². The van der Waals surface area contributed by atoms with Gasteiger partial charge in [-0.1, -0.05) is 60.8 Å². The van der Waals surface area contributed by atoms with Crippen molar-refractivity contribution in [2.45, 2.75) is 86.5 Å². The average Bonchev–Trinajstić information content (AvgIpc) is 2.30. The van der Waals surface area contributed by atoms with Gasteiger partial charge in [-0.25, -0.2) is 0 Å². The van der Waals surface area contributed by atoms with Gasteiger partial charge in [0.15, 0.2) is 0 Å². The molecule has 5 unspecified atom stereocenters. The molecule has 0 heterocycles. The molecule has 112 valence electrons. The number of rotatable bonds is 2. The van der Waals surface area contributed by atoms with Crippen molar-refractivity contribution in [3.05, 3.63) is 0 Å². The fourth-order valence-electron chi connectivity index (χ4n) is 5.79. The second-order valence-electron chi connectivity index (χ2n) is 8.94. The molecule has 2 aliphatic rings. The molecule has 2 rings (SSSR count). The summed E-state index contributed by atoms with van der Waals surface area (Å²) in [5.41, 5.74) is 1.20. The minimum Gasteiger partial charge on any atom is -0.0651 e. The third kappa shape index (κ3) is 3.03. The van der Waals surface area contributed by atoms with E-state index in [-0.39, 0.29) is 0 Å². The molecule has 0 N–H and O–H groups in total. The quantitative estimate of drug-likeness (QED) is 0.549. The van der Waals surface area contributed by atoms with Gasteiger partial charge in [-0.2, -0.15) is 0 Å². The topological polar surface area (TPSA) is 0 Å². The number of hydrogen-bond acceptors (Lipinski definition) is 0. The Hall–Kier alpha value is 0. The summed E-state index contributed by atoms with van der Waals surface area (Å²) in [7, 11) is 0. The van der Waals surface area contributed by atoms with Gasteiger partial charge in [-0.3, -0.25) is 0 Å². The van der Waals surface area contributed by atoms with Crippen molar-refractivity contribution in [3.8, 4) is 0 Å². The van der Waals surface area contributed by atoms with Crippen LogP contribution in [0.2, 0.25) is 0 Å². The van der Waals surface area contributed by atoms with E-state index in [2.05, 4.69) is 41.5 Å². The van der Waals surface area contributed by atoms with Gasteiger partial charge in [0.1, 0.15) is 0 Å². The smallest absolute Gasteiger partial charge is 0.0290 e. The molecule has 19 heavy (non-hydrogen) atoms. The van der Waals surface area contributed by atoms with Crippen molar-refractivity contribution in [3.63, 3.8) is 0 Å². The van der Waals surface area contributed by atoms with Crippen molar-refractivity contribution in [2.75, 3.05) is 0 Å². The summed E-state index contributed by atoms with van der Waals surface area (Å²) >= 11 is 0. The first-order valence-corrected chi connectivity index (χ1v) is 8.79. The van der Waals surface area contributed by atoms with Gasteiger partial charge in [-0.05, 0) is 60.2 Å². The van der Waals surface area contributed by atoms with Gasteiger partial charge in [-0.15, -0.1) is 0 Å². The van der Waals surface area contributed by atoms with Crippen LogP contribution in [-0.2, 0) is 0 Å². The Bertz CT molecular complexity index is 303. The fourth-order valence-corrected chi connectivity index (χ4v) is 5.79. The van der Waals surface area contributed by atoms with E-state index in [4.69, 9.17) is 0 Å². The van der Waals surface area contributed by atoms with Crippen LogP contribution in [0.5, 0.6) is 0 Å². The van der Waals surface area contributed by atoms with Gasteiger partial charge in [0.25, 0.3) is 0 Å². The average molecular weight is 264 g/mol. The van der Waals surface area contributed by atoms with E-state index in [0.717, 1.165) is 23.7 Å². The number of hydrogen-bond donors (Lipinski definition) is 0. The molecule has 0 radical (unpaired) electrons. The predicted octanol–water partition coefficient (Wildman–Crippen LogP) is 6.30. The molecule has 0 amide bonds. The van der Waals surface area contributed by atoms with Crippen LogP contribution < -0.4 is 0 Å². The van der Waals surface area contributed by atoms with Crippen LogP contribution in [0.1, 0.15) is 86.5 Å². The van der Waals surface area contributed by atoms with Gasteiger partial charge in [0, 0.05) is 0 Å². The minimum atomic E-state index is 0.581. The van der Waals surface area contributed by atoms with E-state index in [0.29, 0.717) is 10.8 Å². The molecule has 0 bridgehead atoms.